The van der Waals surface area contributed by atoms with Gasteiger partial charge in [0.25, 0.3) is 0 Å². The zero-order chi connectivity index (χ0) is 13.9. The fourth-order valence-corrected chi connectivity index (χ4v) is 1.80. The average Bonchev–Trinajstić information content (AvgIpc) is 2.25. The first-order chi connectivity index (χ1) is 8.24. The second-order valence-electron chi connectivity index (χ2n) is 3.52. The van der Waals surface area contributed by atoms with Crippen LogP contribution in [0.3, 0.4) is 0 Å². The van der Waals surface area contributed by atoms with Crippen LogP contribution in [0.1, 0.15) is 22.9 Å². The van der Waals surface area contributed by atoms with Gasteiger partial charge in [-0.3, -0.25) is 4.79 Å². The molecule has 1 unspecified atom stereocenters. The minimum atomic E-state index is -4.79. The molecule has 0 aliphatic rings. The summed E-state index contributed by atoms with van der Waals surface area (Å²) in [5.41, 5.74) is 0.594. The Kier molecular flexibility index (Phi) is 5.04. The molecule has 100 valence electrons. The molecule has 7 heteroatoms. The zero-order valence-corrected chi connectivity index (χ0v) is 11.6. The predicted octanol–water partition coefficient (Wildman–Crippen LogP) is 4.35. The van der Waals surface area contributed by atoms with Crippen molar-refractivity contribution in [2.24, 2.45) is 0 Å². The maximum Gasteiger partial charge on any atom is 0.573 e. The van der Waals surface area contributed by atoms with Crippen molar-refractivity contribution in [3.63, 3.8) is 0 Å². The van der Waals surface area contributed by atoms with Gasteiger partial charge in [-0.05, 0) is 18.6 Å². The lowest BCUT2D eigenvalue weighted by Crippen LogP contribution is -2.18. The molecule has 0 fully saturated rings. The van der Waals surface area contributed by atoms with Crippen molar-refractivity contribution in [2.45, 2.75) is 24.0 Å². The lowest BCUT2D eigenvalue weighted by Gasteiger charge is -2.14. The lowest BCUT2D eigenvalue weighted by molar-refractivity contribution is -0.274. The summed E-state index contributed by atoms with van der Waals surface area (Å²) in [5, 5.41) is 0. The Morgan fingerprint density at radius 3 is 2.56 bits per heavy atom. The van der Waals surface area contributed by atoms with Crippen molar-refractivity contribution in [1.29, 1.82) is 0 Å². The van der Waals surface area contributed by atoms with Crippen LogP contribution in [0.5, 0.6) is 5.75 Å². The van der Waals surface area contributed by atoms with E-state index in [1.807, 2.05) is 0 Å². The maximum atomic E-state index is 12.2. The Balaban J connectivity index is 3.13. The minimum absolute atomic E-state index is 0.112. The molecule has 1 aromatic rings. The number of rotatable bonds is 4. The van der Waals surface area contributed by atoms with Crippen molar-refractivity contribution < 1.29 is 22.7 Å². The van der Waals surface area contributed by atoms with Gasteiger partial charge >= 0.3 is 6.36 Å². The van der Waals surface area contributed by atoms with E-state index in [1.165, 1.54) is 19.1 Å². The highest BCUT2D eigenvalue weighted by Gasteiger charge is 2.32. The molecule has 0 saturated heterocycles. The number of Topliss-reactive ketones (excluding diaryl/α,β-unsaturated/α-hetero) is 1. The molecule has 1 rings (SSSR count). The van der Waals surface area contributed by atoms with E-state index in [9.17, 15) is 18.0 Å². The fraction of sp³-hybridized carbons (Fsp3) is 0.364. The summed E-state index contributed by atoms with van der Waals surface area (Å²) in [6.07, 6.45) is -4.79. The minimum Gasteiger partial charge on any atom is -0.405 e. The summed E-state index contributed by atoms with van der Waals surface area (Å²) >= 11 is 8.62. The van der Waals surface area contributed by atoms with E-state index in [4.69, 9.17) is 11.6 Å². The third-order valence-electron chi connectivity index (χ3n) is 2.11. The van der Waals surface area contributed by atoms with Crippen LogP contribution in [0.25, 0.3) is 0 Å². The molecule has 0 heterocycles. The molecular formula is C11H9BrClF3O2. The van der Waals surface area contributed by atoms with Gasteiger partial charge in [0.05, 0.1) is 10.7 Å². The highest BCUT2D eigenvalue weighted by molar-refractivity contribution is 9.09. The zero-order valence-electron chi connectivity index (χ0n) is 9.22. The first-order valence-corrected chi connectivity index (χ1v) is 6.28. The molecule has 2 nitrogen and oxygen atoms in total. The van der Waals surface area contributed by atoms with E-state index in [1.54, 1.807) is 0 Å². The Morgan fingerprint density at radius 1 is 1.50 bits per heavy atom. The van der Waals surface area contributed by atoms with Crippen LogP contribution < -0.4 is 4.74 Å². The van der Waals surface area contributed by atoms with E-state index in [0.717, 1.165) is 6.07 Å². The molecule has 1 aromatic carbocycles. The standard InChI is InChI=1S/C11H9BrClF3O2/c1-6(17)10(12)7-2-3-8(5-13)9(4-7)18-11(14,15)16/h2-4,10H,5H2,1H3. The molecule has 0 N–H and O–H groups in total. The first-order valence-electron chi connectivity index (χ1n) is 4.83. The number of carbonyl (C=O) groups is 1. The number of alkyl halides is 5. The van der Waals surface area contributed by atoms with Gasteiger partial charge in [0.1, 0.15) is 11.5 Å². The van der Waals surface area contributed by atoms with Crippen LogP contribution in [-0.4, -0.2) is 12.1 Å². The molecule has 0 aliphatic heterocycles. The number of carbonyl (C=O) groups excluding carboxylic acids is 1. The van der Waals surface area contributed by atoms with Gasteiger partial charge in [-0.2, -0.15) is 0 Å². The SMILES string of the molecule is CC(=O)C(Br)c1ccc(CCl)c(OC(F)(F)F)c1. The van der Waals surface area contributed by atoms with Gasteiger partial charge in [-0.15, -0.1) is 24.8 Å². The molecule has 1 atom stereocenters. The van der Waals surface area contributed by atoms with Gasteiger partial charge in [0, 0.05) is 5.56 Å². The molecule has 0 spiro atoms. The van der Waals surface area contributed by atoms with E-state index < -0.39 is 11.2 Å². The molecule has 0 aliphatic carbocycles. The van der Waals surface area contributed by atoms with Crippen molar-refractivity contribution in [3.05, 3.63) is 29.3 Å². The molecule has 0 bridgehead atoms. The van der Waals surface area contributed by atoms with Crippen molar-refractivity contribution in [3.8, 4) is 5.75 Å². The van der Waals surface area contributed by atoms with Gasteiger partial charge in [-0.25, -0.2) is 0 Å². The number of hydrogen-bond acceptors (Lipinski definition) is 2. The van der Waals surface area contributed by atoms with E-state index in [2.05, 4.69) is 20.7 Å². The summed E-state index contributed by atoms with van der Waals surface area (Å²) in [7, 11) is 0. The summed E-state index contributed by atoms with van der Waals surface area (Å²) in [6.45, 7) is 1.33. The summed E-state index contributed by atoms with van der Waals surface area (Å²) in [5.74, 6) is -0.717. The van der Waals surface area contributed by atoms with Gasteiger partial charge in [0.15, 0.2) is 0 Å². The second-order valence-corrected chi connectivity index (χ2v) is 4.70. The quantitative estimate of drug-likeness (QED) is 0.758. The molecule has 0 aromatic heterocycles. The van der Waals surface area contributed by atoms with E-state index in [0.29, 0.717) is 5.56 Å². The van der Waals surface area contributed by atoms with Crippen molar-refractivity contribution in [2.75, 3.05) is 0 Å². The topological polar surface area (TPSA) is 26.3 Å². The lowest BCUT2D eigenvalue weighted by atomic mass is 10.1. The van der Waals surface area contributed by atoms with Crippen LogP contribution in [0.2, 0.25) is 0 Å². The fourth-order valence-electron chi connectivity index (χ4n) is 1.29. The number of ether oxygens (including phenoxy) is 1. The predicted molar refractivity (Wildman–Crippen MR) is 65.0 cm³/mol. The number of hydrogen-bond donors (Lipinski definition) is 0. The van der Waals surface area contributed by atoms with Crippen LogP contribution >= 0.6 is 27.5 Å². The third kappa shape index (κ3) is 4.17. The first kappa shape index (κ1) is 15.3. The normalized spacial score (nSPS) is 13.2. The highest BCUT2D eigenvalue weighted by Crippen LogP contribution is 2.33. The van der Waals surface area contributed by atoms with Gasteiger partial charge in [0.2, 0.25) is 0 Å². The maximum absolute atomic E-state index is 12.2. The molecule has 18 heavy (non-hydrogen) atoms. The van der Waals surface area contributed by atoms with Crippen LogP contribution in [0.15, 0.2) is 18.2 Å². The Hall–Kier alpha value is -0.750. The smallest absolute Gasteiger partial charge is 0.405 e. The molecular weight excluding hydrogens is 336 g/mol. The van der Waals surface area contributed by atoms with Gasteiger partial charge < -0.3 is 4.74 Å². The number of benzene rings is 1. The second kappa shape index (κ2) is 5.93. The summed E-state index contributed by atoms with van der Waals surface area (Å²) < 4.78 is 40.5. The average molecular weight is 346 g/mol. The Labute approximate surface area is 115 Å². The number of ketones is 1. The molecule has 0 radical (unpaired) electrons. The van der Waals surface area contributed by atoms with Crippen molar-refractivity contribution >= 4 is 33.3 Å². The number of halogens is 5. The molecule has 0 amide bonds. The van der Waals surface area contributed by atoms with E-state index >= 15 is 0 Å². The third-order valence-corrected chi connectivity index (χ3v) is 3.57. The van der Waals surface area contributed by atoms with Crippen LogP contribution in [-0.2, 0) is 10.7 Å². The largest absolute Gasteiger partial charge is 0.573 e. The molecule has 0 saturated carbocycles. The summed E-state index contributed by atoms with van der Waals surface area (Å²) in [4.78, 5) is 10.5. The monoisotopic (exact) mass is 344 g/mol. The highest BCUT2D eigenvalue weighted by atomic mass is 79.9. The van der Waals surface area contributed by atoms with Crippen LogP contribution in [0.4, 0.5) is 13.2 Å². The Morgan fingerprint density at radius 2 is 2.11 bits per heavy atom. The van der Waals surface area contributed by atoms with Crippen LogP contribution in [0, 0.1) is 0 Å². The van der Waals surface area contributed by atoms with Crippen molar-refractivity contribution in [1.82, 2.24) is 0 Å². The van der Waals surface area contributed by atoms with Gasteiger partial charge in [-0.1, -0.05) is 28.1 Å². The van der Waals surface area contributed by atoms with E-state index in [-0.39, 0.29) is 23.0 Å². The summed E-state index contributed by atoms with van der Waals surface area (Å²) in [6, 6.07) is 4.09. The Bertz CT molecular complexity index is 448.